The first kappa shape index (κ1) is 22.9. The van der Waals surface area contributed by atoms with Gasteiger partial charge in [0.15, 0.2) is 0 Å². The Kier molecular flexibility index (Phi) is 31.5. The van der Waals surface area contributed by atoms with Gasteiger partial charge in [-0.3, -0.25) is 0 Å². The normalized spacial score (nSPS) is 9.38. The van der Waals surface area contributed by atoms with Crippen LogP contribution in [0.25, 0.3) is 0 Å². The number of rotatable bonds is 11. The van der Waals surface area contributed by atoms with Crippen molar-refractivity contribution in [1.29, 1.82) is 0 Å². The van der Waals surface area contributed by atoms with Gasteiger partial charge in [0, 0.05) is 0 Å². The van der Waals surface area contributed by atoms with Gasteiger partial charge in [0.05, 0.1) is 0 Å². The molecule has 0 saturated heterocycles. The van der Waals surface area contributed by atoms with E-state index in [1.165, 1.54) is 77.0 Å². The Morgan fingerprint density at radius 2 is 0.625 bits per heavy atom. The maximum atomic E-state index is 2.29. The molecule has 0 radical (unpaired) electrons. The molecule has 0 rings (SSSR count). The van der Waals surface area contributed by atoms with Crippen molar-refractivity contribution in [1.82, 2.24) is 0 Å². The third-order valence-electron chi connectivity index (χ3n) is 2.96. The summed E-state index contributed by atoms with van der Waals surface area (Å²) < 4.78 is 0. The summed E-state index contributed by atoms with van der Waals surface area (Å²) in [5, 5.41) is 0. The first-order chi connectivity index (χ1) is 6.91. The van der Waals surface area contributed by atoms with Crippen LogP contribution in [-0.4, -0.2) is 52.6 Å². The Balaban J connectivity index is -0.000000845. The standard InChI is InChI=1S/C14H30.Mg.Na.3H/c1-3-5-7-9-11-13-14-12-10-8-6-4-2;;;;;/h3-14H2,1-2H3;;;;;. The van der Waals surface area contributed by atoms with Gasteiger partial charge in [-0.15, -0.1) is 0 Å². The molecule has 0 aromatic heterocycles. The third kappa shape index (κ3) is 21.1. The zero-order chi connectivity index (χ0) is 10.5. The van der Waals surface area contributed by atoms with E-state index < -0.39 is 0 Å². The Bertz CT molecular complexity index is 84.7. The van der Waals surface area contributed by atoms with Crippen LogP contribution >= 0.6 is 0 Å². The Hall–Kier alpha value is 1.77. The second-order valence-electron chi connectivity index (χ2n) is 4.54. The number of unbranched alkanes of at least 4 members (excludes halogenated alkanes) is 11. The molecule has 0 nitrogen and oxygen atoms in total. The summed E-state index contributed by atoms with van der Waals surface area (Å²) in [6, 6.07) is 0. The van der Waals surface area contributed by atoms with Gasteiger partial charge in [0.1, 0.15) is 0 Å². The Morgan fingerprint density at radius 1 is 0.438 bits per heavy atom. The van der Waals surface area contributed by atoms with Gasteiger partial charge in [-0.25, -0.2) is 0 Å². The molecule has 0 amide bonds. The van der Waals surface area contributed by atoms with Crippen molar-refractivity contribution in [3.05, 3.63) is 0 Å². The van der Waals surface area contributed by atoms with Crippen molar-refractivity contribution in [2.75, 3.05) is 0 Å². The zero-order valence-corrected chi connectivity index (χ0v) is 10.5. The van der Waals surface area contributed by atoms with Gasteiger partial charge in [0.2, 0.25) is 0 Å². The zero-order valence-electron chi connectivity index (χ0n) is 10.5. The molecule has 0 unspecified atom stereocenters. The van der Waals surface area contributed by atoms with Crippen LogP contribution < -0.4 is 0 Å². The molecule has 0 fully saturated rings. The third-order valence-corrected chi connectivity index (χ3v) is 2.96. The summed E-state index contributed by atoms with van der Waals surface area (Å²) in [6.45, 7) is 4.57. The molecule has 0 aromatic rings. The number of hydrogen-bond donors (Lipinski definition) is 0. The van der Waals surface area contributed by atoms with E-state index in [4.69, 9.17) is 0 Å². The molecule has 0 saturated carbocycles. The van der Waals surface area contributed by atoms with Gasteiger partial charge in [0.25, 0.3) is 0 Å². The van der Waals surface area contributed by atoms with Gasteiger partial charge < -0.3 is 0 Å². The van der Waals surface area contributed by atoms with Crippen molar-refractivity contribution in [3.8, 4) is 0 Å². The van der Waals surface area contributed by atoms with Crippen molar-refractivity contribution in [2.24, 2.45) is 0 Å². The molecule has 0 bridgehead atoms. The summed E-state index contributed by atoms with van der Waals surface area (Å²) in [5.74, 6) is 0. The quantitative estimate of drug-likeness (QED) is 0.381. The van der Waals surface area contributed by atoms with E-state index in [-0.39, 0.29) is 52.6 Å². The fourth-order valence-electron chi connectivity index (χ4n) is 1.91. The van der Waals surface area contributed by atoms with Crippen LogP contribution in [0, 0.1) is 0 Å². The fraction of sp³-hybridized carbons (Fsp3) is 1.00. The van der Waals surface area contributed by atoms with Crippen molar-refractivity contribution >= 4 is 52.6 Å². The first-order valence-electron chi connectivity index (χ1n) is 6.91. The van der Waals surface area contributed by atoms with E-state index in [1.54, 1.807) is 0 Å². The van der Waals surface area contributed by atoms with E-state index in [0.717, 1.165) is 0 Å². The summed E-state index contributed by atoms with van der Waals surface area (Å²) in [7, 11) is 0. The monoisotopic (exact) mass is 248 g/mol. The van der Waals surface area contributed by atoms with E-state index in [1.807, 2.05) is 0 Å². The van der Waals surface area contributed by atoms with Crippen LogP contribution in [0.4, 0.5) is 0 Å². The summed E-state index contributed by atoms with van der Waals surface area (Å²) in [5.41, 5.74) is 0. The van der Waals surface area contributed by atoms with Crippen LogP contribution in [0.3, 0.4) is 0 Å². The second-order valence-corrected chi connectivity index (χ2v) is 4.54. The minimum atomic E-state index is 0. The Labute approximate surface area is 142 Å². The van der Waals surface area contributed by atoms with Gasteiger partial charge in [-0.1, -0.05) is 90.9 Å². The first-order valence-corrected chi connectivity index (χ1v) is 6.91. The van der Waals surface area contributed by atoms with Crippen LogP contribution in [-0.2, 0) is 0 Å². The van der Waals surface area contributed by atoms with E-state index in [9.17, 15) is 0 Å². The molecule has 92 valence electrons. The van der Waals surface area contributed by atoms with Gasteiger partial charge in [-0.05, 0) is 0 Å². The summed E-state index contributed by atoms with van der Waals surface area (Å²) >= 11 is 0. The van der Waals surface area contributed by atoms with Gasteiger partial charge in [-0.2, -0.15) is 0 Å². The minimum absolute atomic E-state index is 0. The molecule has 0 heterocycles. The topological polar surface area (TPSA) is 0 Å². The number of hydrogen-bond acceptors (Lipinski definition) is 0. The van der Waals surface area contributed by atoms with E-state index in [2.05, 4.69) is 13.8 Å². The average molecular weight is 249 g/mol. The molecule has 0 N–H and O–H groups in total. The van der Waals surface area contributed by atoms with Crippen LogP contribution in [0.2, 0.25) is 0 Å². The van der Waals surface area contributed by atoms with Crippen molar-refractivity contribution < 1.29 is 0 Å². The van der Waals surface area contributed by atoms with Crippen LogP contribution in [0.5, 0.6) is 0 Å². The summed E-state index contributed by atoms with van der Waals surface area (Å²) in [4.78, 5) is 0. The molecule has 0 aliphatic rings. The molecule has 0 atom stereocenters. The molecule has 0 aliphatic heterocycles. The molecule has 16 heavy (non-hydrogen) atoms. The molecule has 2 heteroatoms. The van der Waals surface area contributed by atoms with Crippen molar-refractivity contribution in [3.63, 3.8) is 0 Å². The average Bonchev–Trinajstić information content (AvgIpc) is 2.21. The van der Waals surface area contributed by atoms with E-state index in [0.29, 0.717) is 0 Å². The molecular weight excluding hydrogens is 215 g/mol. The van der Waals surface area contributed by atoms with Crippen LogP contribution in [0.15, 0.2) is 0 Å². The maximum absolute atomic E-state index is 2.29. The van der Waals surface area contributed by atoms with E-state index >= 15 is 0 Å². The van der Waals surface area contributed by atoms with Crippen LogP contribution in [0.1, 0.15) is 90.9 Å². The molecule has 0 spiro atoms. The fourth-order valence-corrected chi connectivity index (χ4v) is 1.91. The second kappa shape index (κ2) is 22.0. The molecule has 0 aliphatic carbocycles. The molecular formula is C14H33MgNa. The summed E-state index contributed by atoms with van der Waals surface area (Å²) in [6.07, 6.45) is 17.4. The SMILES string of the molecule is CCCCCCCCCCCCCC.[MgH2].[NaH]. The Morgan fingerprint density at radius 3 is 0.812 bits per heavy atom. The predicted octanol–water partition coefficient (Wildman–Crippen LogP) is 4.14. The van der Waals surface area contributed by atoms with Crippen molar-refractivity contribution in [2.45, 2.75) is 90.9 Å². The molecule has 0 aromatic carbocycles. The predicted molar refractivity (Wildman–Crippen MR) is 82.4 cm³/mol. The van der Waals surface area contributed by atoms with Gasteiger partial charge >= 0.3 is 52.6 Å².